The van der Waals surface area contributed by atoms with Gasteiger partial charge < -0.3 is 4.98 Å². The largest absolute Gasteiger partial charge is 0.416 e. The molecule has 0 atom stereocenters. The van der Waals surface area contributed by atoms with Crippen LogP contribution in [0.25, 0.3) is 33.5 Å². The minimum absolute atomic E-state index is 0.293. The second-order valence-corrected chi connectivity index (χ2v) is 5.63. The van der Waals surface area contributed by atoms with Gasteiger partial charge in [0.15, 0.2) is 0 Å². The van der Waals surface area contributed by atoms with Crippen LogP contribution in [-0.2, 0) is 6.18 Å². The number of hydrogen-bond donors (Lipinski definition) is 1. The Morgan fingerprint density at radius 1 is 0.840 bits per heavy atom. The third-order valence-electron chi connectivity index (χ3n) is 3.96. The second kappa shape index (κ2) is 5.73. The van der Waals surface area contributed by atoms with Crippen LogP contribution >= 0.6 is 0 Å². The third kappa shape index (κ3) is 2.98. The molecule has 0 unspecified atom stereocenters. The van der Waals surface area contributed by atoms with Crippen LogP contribution in [0.2, 0.25) is 0 Å². The van der Waals surface area contributed by atoms with Gasteiger partial charge in [-0.15, -0.1) is 0 Å². The molecule has 4 rings (SSSR count). The Hall–Kier alpha value is -3.15. The average Bonchev–Trinajstić information content (AvgIpc) is 3.05. The van der Waals surface area contributed by atoms with Crippen LogP contribution in [0.4, 0.5) is 13.2 Å². The minimum Gasteiger partial charge on any atom is -0.338 e. The lowest BCUT2D eigenvalue weighted by molar-refractivity contribution is -0.137. The summed E-state index contributed by atoms with van der Waals surface area (Å²) in [6.07, 6.45) is -0.894. The van der Waals surface area contributed by atoms with Crippen molar-refractivity contribution in [1.29, 1.82) is 0 Å². The summed E-state index contributed by atoms with van der Waals surface area (Å²) < 4.78 is 38.4. The number of hydrogen-bond acceptors (Lipinski definition) is 2. The molecule has 0 saturated heterocycles. The van der Waals surface area contributed by atoms with Crippen LogP contribution in [0, 0.1) is 0 Å². The molecule has 124 valence electrons. The molecule has 25 heavy (non-hydrogen) atoms. The van der Waals surface area contributed by atoms with E-state index in [-0.39, 0.29) is 0 Å². The molecule has 0 amide bonds. The first kappa shape index (κ1) is 15.4. The predicted octanol–water partition coefficient (Wildman–Crippen LogP) is 5.31. The van der Waals surface area contributed by atoms with Crippen molar-refractivity contribution in [3.8, 4) is 22.5 Å². The van der Waals surface area contributed by atoms with E-state index < -0.39 is 11.7 Å². The van der Waals surface area contributed by atoms with Crippen molar-refractivity contribution in [2.24, 2.45) is 0 Å². The Labute approximate surface area is 141 Å². The lowest BCUT2D eigenvalue weighted by Crippen LogP contribution is -2.04. The fourth-order valence-electron chi connectivity index (χ4n) is 2.67. The van der Waals surface area contributed by atoms with Crippen LogP contribution in [0.5, 0.6) is 0 Å². The molecule has 1 N–H and O–H groups in total. The van der Waals surface area contributed by atoms with Crippen LogP contribution in [0.3, 0.4) is 0 Å². The fourth-order valence-corrected chi connectivity index (χ4v) is 2.67. The van der Waals surface area contributed by atoms with E-state index in [1.54, 1.807) is 12.4 Å². The maximum absolute atomic E-state index is 12.8. The number of halogens is 3. The number of benzene rings is 2. The van der Waals surface area contributed by atoms with Gasteiger partial charge in [0.2, 0.25) is 0 Å². The summed E-state index contributed by atoms with van der Waals surface area (Å²) in [7, 11) is 0. The molecule has 0 spiro atoms. The first-order chi connectivity index (χ1) is 12.0. The van der Waals surface area contributed by atoms with Crippen LogP contribution in [0.15, 0.2) is 67.0 Å². The molecule has 0 aliphatic heterocycles. The normalized spacial score (nSPS) is 11.8. The van der Waals surface area contributed by atoms with E-state index in [4.69, 9.17) is 0 Å². The highest BCUT2D eigenvalue weighted by Gasteiger charge is 2.30. The molecule has 0 saturated carbocycles. The van der Waals surface area contributed by atoms with Gasteiger partial charge in [-0.2, -0.15) is 13.2 Å². The number of pyridine rings is 1. The van der Waals surface area contributed by atoms with Gasteiger partial charge in [-0.3, -0.25) is 4.98 Å². The molecule has 4 aromatic rings. The van der Waals surface area contributed by atoms with Gasteiger partial charge in [0.05, 0.1) is 16.6 Å². The van der Waals surface area contributed by atoms with Gasteiger partial charge in [-0.05, 0) is 35.4 Å². The van der Waals surface area contributed by atoms with Crippen LogP contribution in [0.1, 0.15) is 5.56 Å². The molecule has 0 fully saturated rings. The van der Waals surface area contributed by atoms with Gasteiger partial charge in [0.1, 0.15) is 5.82 Å². The average molecular weight is 339 g/mol. The Balaban J connectivity index is 1.70. The molecule has 6 heteroatoms. The number of aromatic amines is 1. The quantitative estimate of drug-likeness (QED) is 0.538. The lowest BCUT2D eigenvalue weighted by atomic mass is 10.1. The number of nitrogens with one attached hydrogen (secondary N) is 1. The number of rotatable bonds is 2. The summed E-state index contributed by atoms with van der Waals surface area (Å²) >= 11 is 0. The van der Waals surface area contributed by atoms with E-state index in [9.17, 15) is 13.2 Å². The van der Waals surface area contributed by atoms with Gasteiger partial charge in [-0.1, -0.05) is 30.3 Å². The summed E-state index contributed by atoms with van der Waals surface area (Å²) in [5.41, 5.74) is 2.96. The third-order valence-corrected chi connectivity index (χ3v) is 3.96. The van der Waals surface area contributed by atoms with Crippen molar-refractivity contribution in [3.63, 3.8) is 0 Å². The van der Waals surface area contributed by atoms with Crippen LogP contribution < -0.4 is 0 Å². The predicted molar refractivity (Wildman–Crippen MR) is 89.8 cm³/mol. The Morgan fingerprint density at radius 2 is 1.60 bits per heavy atom. The van der Waals surface area contributed by atoms with Crippen molar-refractivity contribution in [3.05, 3.63) is 72.6 Å². The number of nitrogens with zero attached hydrogens (tertiary/aromatic N) is 2. The Bertz CT molecular complexity index is 1020. The monoisotopic (exact) mass is 339 g/mol. The number of aromatic nitrogens is 3. The van der Waals surface area contributed by atoms with Gasteiger partial charge in [-0.25, -0.2) is 4.98 Å². The lowest BCUT2D eigenvalue weighted by Gasteiger charge is -2.04. The smallest absolute Gasteiger partial charge is 0.338 e. The van der Waals surface area contributed by atoms with E-state index in [1.165, 1.54) is 6.07 Å². The topological polar surface area (TPSA) is 41.6 Å². The molecule has 0 aliphatic rings. The van der Waals surface area contributed by atoms with E-state index in [2.05, 4.69) is 15.0 Å². The van der Waals surface area contributed by atoms with E-state index in [0.29, 0.717) is 16.9 Å². The summed E-state index contributed by atoms with van der Waals surface area (Å²) in [6.45, 7) is 0. The van der Waals surface area contributed by atoms with Crippen molar-refractivity contribution in [1.82, 2.24) is 15.0 Å². The standard InChI is InChI=1S/C19H12F3N3/c20-19(21,22)15-7-8-16-17(10-15)25-18(24-16)13-5-3-12(4-6-13)14-2-1-9-23-11-14/h1-11H,(H,24,25). The molecule has 2 aromatic heterocycles. The number of H-pyrrole nitrogens is 1. The molecule has 0 radical (unpaired) electrons. The summed E-state index contributed by atoms with van der Waals surface area (Å²) in [4.78, 5) is 11.4. The molecular weight excluding hydrogens is 327 g/mol. The summed E-state index contributed by atoms with van der Waals surface area (Å²) in [5.74, 6) is 0.534. The first-order valence-electron chi connectivity index (χ1n) is 7.58. The maximum atomic E-state index is 12.8. The minimum atomic E-state index is -4.38. The SMILES string of the molecule is FC(F)(F)c1ccc2[nH]c(-c3ccc(-c4cccnc4)cc3)nc2c1. The Morgan fingerprint density at radius 3 is 2.28 bits per heavy atom. The molecule has 0 bridgehead atoms. The zero-order valence-electron chi connectivity index (χ0n) is 12.9. The van der Waals surface area contributed by atoms with E-state index in [1.807, 2.05) is 36.4 Å². The highest BCUT2D eigenvalue weighted by molar-refractivity contribution is 5.80. The summed E-state index contributed by atoms with van der Waals surface area (Å²) in [6, 6.07) is 15.0. The molecule has 2 heterocycles. The summed E-state index contributed by atoms with van der Waals surface area (Å²) in [5, 5.41) is 0. The molecular formula is C19H12F3N3. The van der Waals surface area contributed by atoms with E-state index in [0.717, 1.165) is 28.8 Å². The highest BCUT2D eigenvalue weighted by atomic mass is 19.4. The Kier molecular flexibility index (Phi) is 3.53. The molecule has 0 aliphatic carbocycles. The second-order valence-electron chi connectivity index (χ2n) is 5.63. The number of imidazole rings is 1. The van der Waals surface area contributed by atoms with Gasteiger partial charge in [0, 0.05) is 18.0 Å². The van der Waals surface area contributed by atoms with Gasteiger partial charge >= 0.3 is 6.18 Å². The zero-order valence-corrected chi connectivity index (χ0v) is 12.9. The van der Waals surface area contributed by atoms with Crippen molar-refractivity contribution in [2.75, 3.05) is 0 Å². The highest BCUT2D eigenvalue weighted by Crippen LogP contribution is 2.32. The van der Waals surface area contributed by atoms with E-state index >= 15 is 0 Å². The van der Waals surface area contributed by atoms with Gasteiger partial charge in [0.25, 0.3) is 0 Å². The fraction of sp³-hybridized carbons (Fsp3) is 0.0526. The first-order valence-corrected chi connectivity index (χ1v) is 7.58. The molecule has 2 aromatic carbocycles. The molecule has 3 nitrogen and oxygen atoms in total. The van der Waals surface area contributed by atoms with Crippen molar-refractivity contribution >= 4 is 11.0 Å². The van der Waals surface area contributed by atoms with Crippen LogP contribution in [-0.4, -0.2) is 15.0 Å². The number of alkyl halides is 3. The van der Waals surface area contributed by atoms with Crippen molar-refractivity contribution in [2.45, 2.75) is 6.18 Å². The zero-order chi connectivity index (χ0) is 17.4. The van der Waals surface area contributed by atoms with Crippen molar-refractivity contribution < 1.29 is 13.2 Å². The number of fused-ring (bicyclic) bond motifs is 1. The maximum Gasteiger partial charge on any atom is 0.416 e.